The highest BCUT2D eigenvalue weighted by atomic mass is 16.5. The highest BCUT2D eigenvalue weighted by Gasteiger charge is 2.27. The molecule has 0 radical (unpaired) electrons. The van der Waals surface area contributed by atoms with Gasteiger partial charge in [-0.25, -0.2) is 4.79 Å². The number of aliphatic hydroxyl groups excluding tert-OH is 1. The predicted molar refractivity (Wildman–Crippen MR) is 70.0 cm³/mol. The Hall–Kier alpha value is -2.45. The van der Waals surface area contributed by atoms with Crippen LogP contribution in [-0.2, 0) is 20.9 Å². The topological polar surface area (TPSA) is 116 Å². The minimum Gasteiger partial charge on any atom is -0.445 e. The predicted octanol–water partition coefficient (Wildman–Crippen LogP) is 0.0380. The summed E-state index contributed by atoms with van der Waals surface area (Å²) in [5.41, 5.74) is 0.743. The van der Waals surface area contributed by atoms with Crippen LogP contribution >= 0.6 is 0 Å². The van der Waals surface area contributed by atoms with Gasteiger partial charge in [-0.2, -0.15) is 5.06 Å². The maximum atomic E-state index is 11.6. The van der Waals surface area contributed by atoms with Crippen LogP contribution in [0.1, 0.15) is 12.5 Å². The highest BCUT2D eigenvalue weighted by Crippen LogP contribution is 2.01. The molecule has 0 aliphatic heterocycles. The number of alkyl carbamates (subject to hydrolysis) is 1. The summed E-state index contributed by atoms with van der Waals surface area (Å²) in [6, 6.07) is 7.37. The number of amides is 3. The van der Waals surface area contributed by atoms with Gasteiger partial charge >= 0.3 is 6.09 Å². The molecular formula is C13H16N2O6. The van der Waals surface area contributed by atoms with Crippen molar-refractivity contribution in [2.45, 2.75) is 19.6 Å². The molecule has 8 heteroatoms. The third-order valence-electron chi connectivity index (χ3n) is 2.49. The summed E-state index contributed by atoms with van der Waals surface area (Å²) in [5, 5.41) is 20.0. The zero-order chi connectivity index (χ0) is 15.8. The zero-order valence-corrected chi connectivity index (χ0v) is 11.4. The summed E-state index contributed by atoms with van der Waals surface area (Å²) >= 11 is 0. The quantitative estimate of drug-likeness (QED) is 0.522. The van der Waals surface area contributed by atoms with Gasteiger partial charge in [-0.05, 0) is 5.56 Å². The van der Waals surface area contributed by atoms with Crippen molar-refractivity contribution in [1.82, 2.24) is 10.4 Å². The number of benzene rings is 1. The number of rotatable bonds is 5. The Labute approximate surface area is 120 Å². The van der Waals surface area contributed by atoms with E-state index in [0.717, 1.165) is 12.5 Å². The van der Waals surface area contributed by atoms with Gasteiger partial charge in [0.25, 0.3) is 5.91 Å². The first kappa shape index (κ1) is 16.6. The van der Waals surface area contributed by atoms with Crippen LogP contribution in [0.15, 0.2) is 30.3 Å². The standard InChI is InChI=1S/C13H16N2O6/c1-9(17)15(20)12(18)11(7-16)14-13(19)21-8-10-5-3-2-4-6-10/h2-6,11,16,20H,7-8H2,1H3,(H,14,19)/t11-/m0/s1. The van der Waals surface area contributed by atoms with Crippen molar-refractivity contribution in [2.75, 3.05) is 6.61 Å². The molecule has 3 N–H and O–H groups in total. The molecule has 0 aliphatic carbocycles. The summed E-state index contributed by atoms with van der Waals surface area (Å²) < 4.78 is 4.85. The van der Waals surface area contributed by atoms with E-state index in [2.05, 4.69) is 5.32 Å². The molecule has 1 aromatic rings. The van der Waals surface area contributed by atoms with Crippen molar-refractivity contribution in [1.29, 1.82) is 0 Å². The number of carbonyl (C=O) groups excluding carboxylic acids is 3. The number of nitrogens with one attached hydrogen (secondary N) is 1. The van der Waals surface area contributed by atoms with Gasteiger partial charge in [0.2, 0.25) is 5.91 Å². The van der Waals surface area contributed by atoms with Crippen molar-refractivity contribution < 1.29 is 29.4 Å². The molecule has 21 heavy (non-hydrogen) atoms. The second-order valence-corrected chi connectivity index (χ2v) is 4.11. The highest BCUT2D eigenvalue weighted by molar-refractivity contribution is 5.96. The number of carbonyl (C=O) groups is 3. The summed E-state index contributed by atoms with van der Waals surface area (Å²) in [4.78, 5) is 33.9. The lowest BCUT2D eigenvalue weighted by atomic mass is 10.2. The number of hydrogen-bond donors (Lipinski definition) is 3. The largest absolute Gasteiger partial charge is 0.445 e. The van der Waals surface area contributed by atoms with E-state index in [1.54, 1.807) is 24.3 Å². The molecule has 114 valence electrons. The third-order valence-corrected chi connectivity index (χ3v) is 2.49. The van der Waals surface area contributed by atoms with Crippen molar-refractivity contribution in [3.8, 4) is 0 Å². The summed E-state index contributed by atoms with van der Waals surface area (Å²) in [5.74, 6) is -2.08. The van der Waals surface area contributed by atoms with Crippen LogP contribution in [-0.4, -0.2) is 45.9 Å². The van der Waals surface area contributed by atoms with E-state index in [-0.39, 0.29) is 11.7 Å². The smallest absolute Gasteiger partial charge is 0.408 e. The molecule has 0 heterocycles. The Balaban J connectivity index is 2.51. The molecule has 0 spiro atoms. The van der Waals surface area contributed by atoms with Crippen LogP contribution in [0.2, 0.25) is 0 Å². The average Bonchev–Trinajstić information content (AvgIpc) is 2.50. The molecule has 8 nitrogen and oxygen atoms in total. The van der Waals surface area contributed by atoms with Crippen molar-refractivity contribution in [3.05, 3.63) is 35.9 Å². The Bertz CT molecular complexity index is 505. The normalized spacial score (nSPS) is 11.4. The molecule has 0 bridgehead atoms. The van der Waals surface area contributed by atoms with Crippen LogP contribution in [0.25, 0.3) is 0 Å². The Kier molecular flexibility index (Phi) is 6.31. The van der Waals surface area contributed by atoms with Gasteiger partial charge in [0.15, 0.2) is 0 Å². The van der Waals surface area contributed by atoms with E-state index in [1.807, 2.05) is 6.07 Å². The maximum Gasteiger partial charge on any atom is 0.408 e. The van der Waals surface area contributed by atoms with Crippen molar-refractivity contribution in [2.24, 2.45) is 0 Å². The minimum atomic E-state index is -1.47. The van der Waals surface area contributed by atoms with Gasteiger partial charge in [-0.3, -0.25) is 14.8 Å². The fourth-order valence-electron chi connectivity index (χ4n) is 1.40. The van der Waals surface area contributed by atoms with Crippen LogP contribution in [0, 0.1) is 0 Å². The van der Waals surface area contributed by atoms with Gasteiger partial charge in [0, 0.05) is 6.92 Å². The van der Waals surface area contributed by atoms with E-state index < -0.39 is 30.6 Å². The number of hydroxylamine groups is 2. The monoisotopic (exact) mass is 296 g/mol. The number of hydrogen-bond acceptors (Lipinski definition) is 6. The van der Waals surface area contributed by atoms with Gasteiger partial charge in [0.1, 0.15) is 12.6 Å². The molecule has 0 fully saturated rings. The second kappa shape index (κ2) is 7.98. The van der Waals surface area contributed by atoms with Gasteiger partial charge in [-0.15, -0.1) is 0 Å². The SMILES string of the molecule is CC(=O)N(O)C(=O)[C@H](CO)NC(=O)OCc1ccccc1. The van der Waals surface area contributed by atoms with Crippen LogP contribution in [0.5, 0.6) is 0 Å². The lowest BCUT2D eigenvalue weighted by Crippen LogP contribution is -2.50. The van der Waals surface area contributed by atoms with E-state index >= 15 is 0 Å². The average molecular weight is 296 g/mol. The first-order chi connectivity index (χ1) is 9.95. The molecule has 1 atom stereocenters. The van der Waals surface area contributed by atoms with Crippen molar-refractivity contribution in [3.63, 3.8) is 0 Å². The van der Waals surface area contributed by atoms with Gasteiger partial charge < -0.3 is 15.2 Å². The third kappa shape index (κ3) is 5.21. The lowest BCUT2D eigenvalue weighted by Gasteiger charge is -2.18. The Morgan fingerprint density at radius 3 is 2.43 bits per heavy atom. The summed E-state index contributed by atoms with van der Waals surface area (Å²) in [7, 11) is 0. The molecule has 0 unspecified atom stereocenters. The van der Waals surface area contributed by atoms with E-state index in [0.29, 0.717) is 0 Å². The molecule has 1 rings (SSSR count). The van der Waals surface area contributed by atoms with E-state index in [4.69, 9.17) is 15.1 Å². The van der Waals surface area contributed by atoms with Gasteiger partial charge in [-0.1, -0.05) is 30.3 Å². The van der Waals surface area contributed by atoms with Crippen LogP contribution < -0.4 is 5.32 Å². The fraction of sp³-hybridized carbons (Fsp3) is 0.308. The Morgan fingerprint density at radius 1 is 1.29 bits per heavy atom. The summed E-state index contributed by atoms with van der Waals surface area (Å²) in [6.07, 6.45) is -0.955. The van der Waals surface area contributed by atoms with Crippen molar-refractivity contribution >= 4 is 17.9 Å². The molecule has 0 saturated carbocycles. The van der Waals surface area contributed by atoms with Gasteiger partial charge in [0.05, 0.1) is 6.61 Å². The van der Waals surface area contributed by atoms with E-state index in [9.17, 15) is 14.4 Å². The molecule has 1 aromatic carbocycles. The lowest BCUT2D eigenvalue weighted by molar-refractivity contribution is -0.179. The summed E-state index contributed by atoms with van der Waals surface area (Å²) in [6.45, 7) is 0.151. The number of imide groups is 1. The molecule has 0 saturated heterocycles. The molecule has 0 aliphatic rings. The first-order valence-electron chi connectivity index (χ1n) is 6.07. The van der Waals surface area contributed by atoms with Crippen LogP contribution in [0.3, 0.4) is 0 Å². The number of ether oxygens (including phenoxy) is 1. The molecule has 3 amide bonds. The maximum absolute atomic E-state index is 11.6. The Morgan fingerprint density at radius 2 is 1.90 bits per heavy atom. The number of nitrogens with zero attached hydrogens (tertiary/aromatic N) is 1. The fourth-order valence-corrected chi connectivity index (χ4v) is 1.40. The number of aliphatic hydroxyl groups is 1. The van der Waals surface area contributed by atoms with Crippen LogP contribution in [0.4, 0.5) is 4.79 Å². The van der Waals surface area contributed by atoms with E-state index in [1.165, 1.54) is 0 Å². The minimum absolute atomic E-state index is 0.0193. The second-order valence-electron chi connectivity index (χ2n) is 4.11. The molecule has 0 aromatic heterocycles. The zero-order valence-electron chi connectivity index (χ0n) is 11.4. The first-order valence-corrected chi connectivity index (χ1v) is 6.07. The molecular weight excluding hydrogens is 280 g/mol.